The van der Waals surface area contributed by atoms with Crippen LogP contribution in [0.2, 0.25) is 0 Å². The third-order valence-electron chi connectivity index (χ3n) is 4.70. The number of piperazine rings is 1. The van der Waals surface area contributed by atoms with Crippen LogP contribution in [-0.4, -0.2) is 52.0 Å². The van der Waals surface area contributed by atoms with Crippen molar-refractivity contribution in [3.63, 3.8) is 0 Å². The van der Waals surface area contributed by atoms with Crippen LogP contribution in [0.1, 0.15) is 24.4 Å². The van der Waals surface area contributed by atoms with E-state index in [2.05, 4.69) is 22.0 Å². The Morgan fingerprint density at radius 3 is 2.62 bits per heavy atom. The highest BCUT2D eigenvalue weighted by atomic mass is 16.5. The fraction of sp³-hybridized carbons (Fsp3) is 0.444. The van der Waals surface area contributed by atoms with Crippen LogP contribution >= 0.6 is 0 Å². The van der Waals surface area contributed by atoms with Gasteiger partial charge in [-0.3, -0.25) is 9.69 Å². The highest BCUT2D eigenvalue weighted by Gasteiger charge is 2.30. The van der Waals surface area contributed by atoms with Crippen molar-refractivity contribution >= 4 is 5.91 Å². The van der Waals surface area contributed by atoms with Crippen molar-refractivity contribution in [3.8, 4) is 5.75 Å². The average molecular weight is 328 g/mol. The van der Waals surface area contributed by atoms with Gasteiger partial charge in [0.05, 0.1) is 19.7 Å². The first kappa shape index (κ1) is 16.5. The van der Waals surface area contributed by atoms with Crippen LogP contribution in [0.5, 0.6) is 5.75 Å². The predicted octanol–water partition coefficient (Wildman–Crippen LogP) is 1.83. The topological polar surface area (TPSA) is 50.6 Å². The van der Waals surface area contributed by atoms with Crippen molar-refractivity contribution < 1.29 is 9.53 Å². The van der Waals surface area contributed by atoms with Crippen molar-refractivity contribution in [2.45, 2.75) is 19.5 Å². The van der Waals surface area contributed by atoms with Crippen molar-refractivity contribution in [1.82, 2.24) is 19.4 Å². The number of amides is 1. The number of methoxy groups -OCH3 is 1. The van der Waals surface area contributed by atoms with Gasteiger partial charge in [-0.05, 0) is 17.7 Å². The summed E-state index contributed by atoms with van der Waals surface area (Å²) in [5.74, 6) is 2.00. The van der Waals surface area contributed by atoms with Crippen LogP contribution < -0.4 is 4.74 Å². The van der Waals surface area contributed by atoms with E-state index in [1.165, 1.54) is 5.56 Å². The van der Waals surface area contributed by atoms with Gasteiger partial charge in [0.25, 0.3) is 0 Å². The van der Waals surface area contributed by atoms with Crippen molar-refractivity contribution in [1.29, 1.82) is 0 Å². The molecule has 0 aliphatic carbocycles. The van der Waals surface area contributed by atoms with E-state index in [1.54, 1.807) is 14.0 Å². The van der Waals surface area contributed by atoms with Gasteiger partial charge in [-0.15, -0.1) is 0 Å². The SMILES string of the molecule is COc1ccc(C2CN(C(C)=O)CCN2Cc2nccn2C)cc1. The molecule has 2 aromatic rings. The molecule has 1 aliphatic heterocycles. The Bertz CT molecular complexity index is 695. The minimum Gasteiger partial charge on any atom is -0.497 e. The molecule has 2 heterocycles. The molecule has 1 atom stereocenters. The summed E-state index contributed by atoms with van der Waals surface area (Å²) in [5, 5.41) is 0. The number of aromatic nitrogens is 2. The second-order valence-corrected chi connectivity index (χ2v) is 6.18. The van der Waals surface area contributed by atoms with Crippen molar-refractivity contribution in [3.05, 3.63) is 48.0 Å². The van der Waals surface area contributed by atoms with Gasteiger partial charge in [0.1, 0.15) is 11.6 Å². The van der Waals surface area contributed by atoms with Crippen LogP contribution in [0.4, 0.5) is 0 Å². The molecule has 0 bridgehead atoms. The number of imidazole rings is 1. The molecule has 1 aromatic heterocycles. The summed E-state index contributed by atoms with van der Waals surface area (Å²) >= 11 is 0. The first-order valence-corrected chi connectivity index (χ1v) is 8.18. The maximum atomic E-state index is 11.8. The number of benzene rings is 1. The van der Waals surface area contributed by atoms with Gasteiger partial charge in [-0.2, -0.15) is 0 Å². The summed E-state index contributed by atoms with van der Waals surface area (Å²) in [6, 6.07) is 8.27. The molecule has 6 heteroatoms. The highest BCUT2D eigenvalue weighted by Crippen LogP contribution is 2.28. The molecule has 6 nitrogen and oxygen atoms in total. The Hall–Kier alpha value is -2.34. The van der Waals surface area contributed by atoms with Gasteiger partial charge in [0.15, 0.2) is 0 Å². The van der Waals surface area contributed by atoms with E-state index in [-0.39, 0.29) is 11.9 Å². The molecule has 1 aliphatic rings. The van der Waals surface area contributed by atoms with Crippen molar-refractivity contribution in [2.24, 2.45) is 7.05 Å². The van der Waals surface area contributed by atoms with Crippen molar-refractivity contribution in [2.75, 3.05) is 26.7 Å². The zero-order valence-electron chi connectivity index (χ0n) is 14.5. The summed E-state index contributed by atoms with van der Waals surface area (Å²) in [6.45, 7) is 4.70. The molecular weight excluding hydrogens is 304 g/mol. The van der Waals surface area contributed by atoms with E-state index in [4.69, 9.17) is 4.74 Å². The standard InChI is InChI=1S/C18H24N4O2/c1-14(23)21-10-11-22(13-18-19-8-9-20(18)2)17(12-21)15-4-6-16(24-3)7-5-15/h4-9,17H,10-13H2,1-3H3. The van der Waals surface area contributed by atoms with E-state index < -0.39 is 0 Å². The molecule has 0 saturated carbocycles. The summed E-state index contributed by atoms with van der Waals surface area (Å²) < 4.78 is 7.30. The zero-order chi connectivity index (χ0) is 17.1. The van der Waals surface area contributed by atoms with Gasteiger partial charge in [0.2, 0.25) is 5.91 Å². The van der Waals surface area contributed by atoms with E-state index >= 15 is 0 Å². The Labute approximate surface area is 142 Å². The van der Waals surface area contributed by atoms with Gasteiger partial charge in [-0.1, -0.05) is 12.1 Å². The molecule has 1 fully saturated rings. The molecule has 0 spiro atoms. The number of hydrogen-bond donors (Lipinski definition) is 0. The summed E-state index contributed by atoms with van der Waals surface area (Å²) in [5.41, 5.74) is 1.19. The minimum absolute atomic E-state index is 0.130. The third-order valence-corrected chi connectivity index (χ3v) is 4.70. The third kappa shape index (κ3) is 3.43. The molecule has 3 rings (SSSR count). The normalized spacial score (nSPS) is 18.6. The number of aryl methyl sites for hydroxylation is 1. The van der Waals surface area contributed by atoms with Gasteiger partial charge in [-0.25, -0.2) is 4.98 Å². The molecular formula is C18H24N4O2. The fourth-order valence-electron chi connectivity index (χ4n) is 3.17. The number of rotatable bonds is 4. The summed E-state index contributed by atoms with van der Waals surface area (Å²) in [7, 11) is 3.68. The minimum atomic E-state index is 0.130. The molecule has 1 unspecified atom stereocenters. The lowest BCUT2D eigenvalue weighted by molar-refractivity contribution is -0.132. The lowest BCUT2D eigenvalue weighted by Gasteiger charge is -2.41. The summed E-state index contributed by atoms with van der Waals surface area (Å²) in [4.78, 5) is 20.6. The molecule has 1 aromatic carbocycles. The van der Waals surface area contributed by atoms with Crippen LogP contribution in [-0.2, 0) is 18.4 Å². The molecule has 24 heavy (non-hydrogen) atoms. The molecule has 0 radical (unpaired) electrons. The lowest BCUT2D eigenvalue weighted by Crippen LogP contribution is -2.49. The Morgan fingerprint density at radius 2 is 2.04 bits per heavy atom. The lowest BCUT2D eigenvalue weighted by atomic mass is 10.0. The number of carbonyl (C=O) groups is 1. The van der Waals surface area contributed by atoms with E-state index in [0.717, 1.165) is 31.2 Å². The Morgan fingerprint density at radius 1 is 1.29 bits per heavy atom. The summed E-state index contributed by atoms with van der Waals surface area (Å²) in [6.07, 6.45) is 3.78. The van der Waals surface area contributed by atoms with Crippen LogP contribution in [0.15, 0.2) is 36.7 Å². The maximum absolute atomic E-state index is 11.8. The van der Waals surface area contributed by atoms with Crippen LogP contribution in [0, 0.1) is 0 Å². The van der Waals surface area contributed by atoms with E-state index in [9.17, 15) is 4.79 Å². The number of hydrogen-bond acceptors (Lipinski definition) is 4. The Kier molecular flexibility index (Phi) is 4.85. The average Bonchev–Trinajstić information content (AvgIpc) is 3.00. The molecule has 0 N–H and O–H groups in total. The number of carbonyl (C=O) groups excluding carboxylic acids is 1. The van der Waals surface area contributed by atoms with Gasteiger partial charge >= 0.3 is 0 Å². The van der Waals surface area contributed by atoms with E-state index in [0.29, 0.717) is 6.54 Å². The van der Waals surface area contributed by atoms with Gasteiger partial charge < -0.3 is 14.2 Å². The monoisotopic (exact) mass is 328 g/mol. The number of ether oxygens (including phenoxy) is 1. The second kappa shape index (κ2) is 7.05. The molecule has 1 amide bonds. The second-order valence-electron chi connectivity index (χ2n) is 6.18. The quantitative estimate of drug-likeness (QED) is 0.859. The predicted molar refractivity (Wildman–Crippen MR) is 91.6 cm³/mol. The van der Waals surface area contributed by atoms with Crippen LogP contribution in [0.3, 0.4) is 0 Å². The maximum Gasteiger partial charge on any atom is 0.219 e. The molecule has 1 saturated heterocycles. The molecule has 128 valence electrons. The first-order valence-electron chi connectivity index (χ1n) is 8.18. The van der Waals surface area contributed by atoms with Gasteiger partial charge in [0, 0.05) is 46.0 Å². The number of nitrogens with zero attached hydrogens (tertiary/aromatic N) is 4. The fourth-order valence-corrected chi connectivity index (χ4v) is 3.17. The van der Waals surface area contributed by atoms with Crippen LogP contribution in [0.25, 0.3) is 0 Å². The highest BCUT2D eigenvalue weighted by molar-refractivity contribution is 5.73. The Balaban J connectivity index is 1.84. The smallest absolute Gasteiger partial charge is 0.219 e. The largest absolute Gasteiger partial charge is 0.497 e. The van der Waals surface area contributed by atoms with E-state index in [1.807, 2.05) is 41.0 Å². The zero-order valence-corrected chi connectivity index (χ0v) is 14.5. The first-order chi connectivity index (χ1) is 11.6.